The molecular formula is C12H22O4PtS4. The predicted molar refractivity (Wildman–Crippen MR) is 94.1 cm³/mol. The van der Waals surface area contributed by atoms with E-state index in [4.69, 9.17) is 18.9 Å². The number of rotatable bonds is 10. The van der Waals surface area contributed by atoms with Crippen molar-refractivity contribution in [2.45, 2.75) is 26.7 Å². The molecular weight excluding hydrogens is 531 g/mol. The Morgan fingerprint density at radius 2 is 1.05 bits per heavy atom. The second-order valence-electron chi connectivity index (χ2n) is 3.42. The number of hydrogen-bond donors (Lipinski definition) is 0. The summed E-state index contributed by atoms with van der Waals surface area (Å²) in [7, 11) is 0. The first-order chi connectivity index (χ1) is 9.54. The summed E-state index contributed by atoms with van der Waals surface area (Å²) in [5.74, 6) is 0. The smallest absolute Gasteiger partial charge is 0.511 e. The number of ether oxygens (including phenoxy) is 4. The van der Waals surface area contributed by atoms with E-state index in [2.05, 4.69) is 63.5 Å². The largest absolute Gasteiger partial charge is 2.00 e. The van der Waals surface area contributed by atoms with Crippen LogP contribution in [0.25, 0.3) is 0 Å². The van der Waals surface area contributed by atoms with Crippen molar-refractivity contribution >= 4 is 58.5 Å². The first-order valence-corrected chi connectivity index (χ1v) is 8.00. The fraction of sp³-hybridized carbons (Fsp3) is 0.833. The Bertz CT molecular complexity index is 221. The summed E-state index contributed by atoms with van der Waals surface area (Å²) < 4.78 is 20.2. The Morgan fingerprint density at radius 3 is 1.29 bits per heavy atom. The summed E-state index contributed by atoms with van der Waals surface area (Å²) in [5, 5.41) is 0. The molecule has 0 aliphatic carbocycles. The maximum atomic E-state index is 5.10. The minimum Gasteiger partial charge on any atom is -0.511 e. The van der Waals surface area contributed by atoms with Crippen LogP contribution in [0.3, 0.4) is 0 Å². The molecule has 0 aliphatic rings. The van der Waals surface area contributed by atoms with Crippen molar-refractivity contribution in [1.29, 1.82) is 0 Å². The van der Waals surface area contributed by atoms with E-state index in [0.717, 1.165) is 26.1 Å². The van der Waals surface area contributed by atoms with E-state index >= 15 is 0 Å². The third-order valence-electron chi connectivity index (χ3n) is 1.59. The molecule has 0 aliphatic heterocycles. The van der Waals surface area contributed by atoms with Crippen LogP contribution in [0.15, 0.2) is 0 Å². The zero-order chi connectivity index (χ0) is 15.6. The molecule has 9 heteroatoms. The van der Waals surface area contributed by atoms with Crippen LogP contribution < -0.4 is 0 Å². The van der Waals surface area contributed by atoms with Gasteiger partial charge in [-0.2, -0.15) is 0 Å². The average molecular weight is 554 g/mol. The first kappa shape index (κ1) is 26.7. The molecule has 0 saturated carbocycles. The van der Waals surface area contributed by atoms with E-state index < -0.39 is 0 Å². The van der Waals surface area contributed by atoms with Crippen molar-refractivity contribution in [3.05, 3.63) is 0 Å². The van der Waals surface area contributed by atoms with Crippen molar-refractivity contribution in [2.75, 3.05) is 39.6 Å². The van der Waals surface area contributed by atoms with Crippen LogP contribution >= 0.6 is 24.4 Å². The average Bonchev–Trinajstić information content (AvgIpc) is 2.38. The molecule has 0 spiro atoms. The zero-order valence-electron chi connectivity index (χ0n) is 12.2. The monoisotopic (exact) mass is 553 g/mol. The molecule has 21 heavy (non-hydrogen) atoms. The molecule has 0 fully saturated rings. The summed E-state index contributed by atoms with van der Waals surface area (Å²) in [6.45, 7) is 7.75. The molecule has 0 unspecified atom stereocenters. The van der Waals surface area contributed by atoms with Gasteiger partial charge in [-0.25, -0.2) is 0 Å². The third kappa shape index (κ3) is 33.6. The van der Waals surface area contributed by atoms with Crippen LogP contribution in [0.4, 0.5) is 0 Å². The second-order valence-corrected chi connectivity index (χ2v) is 5.42. The Hall–Kier alpha value is 0.828. The molecule has 0 aromatic carbocycles. The topological polar surface area (TPSA) is 36.9 Å². The molecule has 4 nitrogen and oxygen atoms in total. The molecule has 0 saturated heterocycles. The van der Waals surface area contributed by atoms with Gasteiger partial charge in [0.25, 0.3) is 0 Å². The Kier molecular flexibility index (Phi) is 29.4. The zero-order valence-corrected chi connectivity index (χ0v) is 17.8. The quantitative estimate of drug-likeness (QED) is 0.232. The maximum Gasteiger partial charge on any atom is 2.00 e. The number of hydrogen-bond acceptors (Lipinski definition) is 8. The van der Waals surface area contributed by atoms with Crippen LogP contribution in [0.5, 0.6) is 0 Å². The minimum atomic E-state index is 0. The summed E-state index contributed by atoms with van der Waals surface area (Å²) in [5.41, 5.74) is 0. The predicted octanol–water partition coefficient (Wildman–Crippen LogP) is 2.52. The van der Waals surface area contributed by atoms with Gasteiger partial charge in [0, 0.05) is 22.0 Å². The van der Waals surface area contributed by atoms with Crippen LogP contribution in [0.1, 0.15) is 26.7 Å². The van der Waals surface area contributed by atoms with Gasteiger partial charge in [0.2, 0.25) is 0 Å². The van der Waals surface area contributed by atoms with E-state index in [1.54, 1.807) is 0 Å². The van der Waals surface area contributed by atoms with E-state index in [1.165, 1.54) is 0 Å². The first-order valence-electron chi connectivity index (χ1n) is 6.37. The van der Waals surface area contributed by atoms with Crippen LogP contribution in [-0.4, -0.2) is 48.4 Å². The minimum absolute atomic E-state index is 0. The Labute approximate surface area is 164 Å². The van der Waals surface area contributed by atoms with Gasteiger partial charge in [-0.05, 0) is 12.8 Å². The maximum absolute atomic E-state index is 5.10. The van der Waals surface area contributed by atoms with Crippen LogP contribution in [0, 0.1) is 0 Å². The SMILES string of the molecule is CCCOCCOC(=S)[S-].CCCOCCOC(=S)[S-].[Pt+2]. The van der Waals surface area contributed by atoms with Gasteiger partial charge in [-0.1, -0.05) is 13.8 Å². The van der Waals surface area contributed by atoms with Gasteiger partial charge in [-0.3, -0.25) is 0 Å². The summed E-state index contributed by atoms with van der Waals surface area (Å²) >= 11 is 18.0. The van der Waals surface area contributed by atoms with E-state index in [-0.39, 0.29) is 29.8 Å². The van der Waals surface area contributed by atoms with Gasteiger partial charge in [0.15, 0.2) is 0 Å². The molecule has 0 atom stereocenters. The molecule has 0 heterocycles. The summed E-state index contributed by atoms with van der Waals surface area (Å²) in [6.07, 6.45) is 2.05. The van der Waals surface area contributed by atoms with Crippen LogP contribution in [0.2, 0.25) is 0 Å². The molecule has 0 amide bonds. The molecule has 0 N–H and O–H groups in total. The standard InChI is InChI=1S/2C6H12O2S2.Pt/c2*1-2-3-7-4-5-8-6(9)10;/h2*2-5H2,1H3,(H,9,10);/q;;+2/p-2. The van der Waals surface area contributed by atoms with Crippen molar-refractivity contribution < 1.29 is 40.0 Å². The number of thiocarbonyl (C=S) groups is 2. The molecule has 0 aromatic heterocycles. The van der Waals surface area contributed by atoms with Gasteiger partial charge in [0.1, 0.15) is 13.2 Å². The van der Waals surface area contributed by atoms with Crippen LogP contribution in [-0.2, 0) is 65.3 Å². The molecule has 0 bridgehead atoms. The van der Waals surface area contributed by atoms with Gasteiger partial charge in [-0.15, -0.1) is 0 Å². The van der Waals surface area contributed by atoms with Gasteiger partial charge < -0.3 is 68.6 Å². The van der Waals surface area contributed by atoms with Crippen molar-refractivity contribution in [2.24, 2.45) is 0 Å². The van der Waals surface area contributed by atoms with Crippen molar-refractivity contribution in [3.63, 3.8) is 0 Å². The van der Waals surface area contributed by atoms with E-state index in [9.17, 15) is 0 Å². The fourth-order valence-corrected chi connectivity index (χ4v) is 1.19. The van der Waals surface area contributed by atoms with Crippen molar-refractivity contribution in [3.8, 4) is 0 Å². The van der Waals surface area contributed by atoms with Gasteiger partial charge in [0.05, 0.1) is 13.2 Å². The van der Waals surface area contributed by atoms with E-state index in [0.29, 0.717) is 26.4 Å². The summed E-state index contributed by atoms with van der Waals surface area (Å²) in [6, 6.07) is 0. The molecule has 0 radical (unpaired) electrons. The Morgan fingerprint density at radius 1 is 0.714 bits per heavy atom. The fourth-order valence-electron chi connectivity index (χ4n) is 0.861. The molecule has 0 rings (SSSR count). The second kappa shape index (κ2) is 23.1. The van der Waals surface area contributed by atoms with Crippen molar-refractivity contribution in [1.82, 2.24) is 0 Å². The Balaban J connectivity index is -0.000000295. The van der Waals surface area contributed by atoms with E-state index in [1.807, 2.05) is 0 Å². The molecule has 0 aromatic rings. The third-order valence-corrected chi connectivity index (χ3v) is 2.06. The van der Waals surface area contributed by atoms with Gasteiger partial charge >= 0.3 is 21.1 Å². The normalized spacial score (nSPS) is 8.86. The summed E-state index contributed by atoms with van der Waals surface area (Å²) in [4.78, 5) is 0. The molecule has 128 valence electrons.